The Hall–Kier alpha value is -2.26. The van der Waals surface area contributed by atoms with Gasteiger partial charge in [0.25, 0.3) is 0 Å². The van der Waals surface area contributed by atoms with Crippen molar-refractivity contribution in [2.45, 2.75) is 43.6 Å². The quantitative estimate of drug-likeness (QED) is 0.515. The molecule has 1 saturated carbocycles. The van der Waals surface area contributed by atoms with E-state index in [9.17, 15) is 18.0 Å². The first kappa shape index (κ1) is 22.8. The predicted octanol–water partition coefficient (Wildman–Crippen LogP) is 2.04. The number of nitrogens with zero attached hydrogens (tertiary/aromatic N) is 1. The fourth-order valence-electron chi connectivity index (χ4n) is 3.30. The van der Waals surface area contributed by atoms with E-state index in [0.717, 1.165) is 32.3 Å². The monoisotopic (exact) mass is 397 g/mol. The van der Waals surface area contributed by atoms with Gasteiger partial charge in [0, 0.05) is 26.2 Å². The SMILES string of the molecule is CNC(=O)NC=O.COCCCCC1(c2ccccc2)CC1(C)N=S(=O)=O. The number of rotatable bonds is 8. The summed E-state index contributed by atoms with van der Waals surface area (Å²) in [6.45, 7) is 2.68. The van der Waals surface area contributed by atoms with Gasteiger partial charge in [0.15, 0.2) is 0 Å². The second-order valence-corrected chi connectivity index (χ2v) is 7.12. The molecule has 0 spiro atoms. The van der Waals surface area contributed by atoms with Crippen LogP contribution in [0.1, 0.15) is 38.2 Å². The molecule has 1 aromatic rings. The zero-order valence-electron chi connectivity index (χ0n) is 15.9. The van der Waals surface area contributed by atoms with Gasteiger partial charge in [0.05, 0.1) is 5.54 Å². The topological polar surface area (TPSA) is 114 Å². The van der Waals surface area contributed by atoms with E-state index in [-0.39, 0.29) is 5.41 Å². The highest BCUT2D eigenvalue weighted by Gasteiger charge is 2.65. The van der Waals surface area contributed by atoms with Gasteiger partial charge in [-0.3, -0.25) is 10.1 Å². The molecule has 2 rings (SSSR count). The average Bonchev–Trinajstić information content (AvgIpc) is 3.24. The van der Waals surface area contributed by atoms with Crippen LogP contribution in [0.3, 0.4) is 0 Å². The molecule has 2 unspecified atom stereocenters. The van der Waals surface area contributed by atoms with Crippen molar-refractivity contribution in [3.8, 4) is 0 Å². The molecule has 3 amide bonds. The number of ether oxygens (including phenoxy) is 1. The van der Waals surface area contributed by atoms with Crippen molar-refractivity contribution in [2.24, 2.45) is 4.36 Å². The Labute approximate surface area is 161 Å². The van der Waals surface area contributed by atoms with Crippen LogP contribution in [0.4, 0.5) is 4.79 Å². The van der Waals surface area contributed by atoms with Crippen molar-refractivity contribution >= 4 is 22.9 Å². The molecule has 27 heavy (non-hydrogen) atoms. The highest BCUT2D eigenvalue weighted by Crippen LogP contribution is 2.62. The van der Waals surface area contributed by atoms with Crippen LogP contribution in [0.15, 0.2) is 34.7 Å². The highest BCUT2D eigenvalue weighted by atomic mass is 32.2. The van der Waals surface area contributed by atoms with Gasteiger partial charge in [-0.05, 0) is 31.7 Å². The predicted molar refractivity (Wildman–Crippen MR) is 102 cm³/mol. The summed E-state index contributed by atoms with van der Waals surface area (Å²) in [7, 11) is 0.776. The van der Waals surface area contributed by atoms with Gasteiger partial charge in [0.1, 0.15) is 0 Å². The molecule has 2 atom stereocenters. The molecule has 0 aromatic heterocycles. The zero-order valence-corrected chi connectivity index (χ0v) is 16.7. The molecule has 8 nitrogen and oxygen atoms in total. The van der Waals surface area contributed by atoms with Crippen molar-refractivity contribution in [1.82, 2.24) is 10.6 Å². The number of hydrogen-bond acceptors (Lipinski definition) is 6. The van der Waals surface area contributed by atoms with E-state index in [4.69, 9.17) is 4.74 Å². The number of nitrogens with one attached hydrogen (secondary N) is 2. The largest absolute Gasteiger partial charge is 0.385 e. The maximum atomic E-state index is 11.0. The third-order valence-corrected chi connectivity index (χ3v) is 5.33. The molecular formula is C18H27N3O5S. The lowest BCUT2D eigenvalue weighted by molar-refractivity contribution is -0.108. The summed E-state index contributed by atoms with van der Waals surface area (Å²) in [5.74, 6) is 0. The van der Waals surface area contributed by atoms with Crippen molar-refractivity contribution in [2.75, 3.05) is 20.8 Å². The van der Waals surface area contributed by atoms with Crippen molar-refractivity contribution in [1.29, 1.82) is 0 Å². The summed E-state index contributed by atoms with van der Waals surface area (Å²) in [4.78, 5) is 19.4. The number of methoxy groups -OCH3 is 1. The second-order valence-electron chi connectivity index (χ2n) is 6.50. The van der Waals surface area contributed by atoms with E-state index in [0.29, 0.717) is 6.41 Å². The Morgan fingerprint density at radius 2 is 1.96 bits per heavy atom. The van der Waals surface area contributed by atoms with Gasteiger partial charge in [0.2, 0.25) is 6.41 Å². The molecule has 9 heteroatoms. The van der Waals surface area contributed by atoms with E-state index in [1.165, 1.54) is 12.6 Å². The van der Waals surface area contributed by atoms with Gasteiger partial charge in [-0.15, -0.1) is 0 Å². The van der Waals surface area contributed by atoms with Gasteiger partial charge in [-0.1, -0.05) is 36.8 Å². The van der Waals surface area contributed by atoms with Crippen LogP contribution in [0.5, 0.6) is 0 Å². The van der Waals surface area contributed by atoms with Gasteiger partial charge < -0.3 is 10.1 Å². The van der Waals surface area contributed by atoms with Gasteiger partial charge >= 0.3 is 16.5 Å². The number of benzene rings is 1. The van der Waals surface area contributed by atoms with Crippen LogP contribution in [0.25, 0.3) is 0 Å². The Bertz CT molecular complexity index is 746. The molecule has 1 aromatic carbocycles. The maximum Gasteiger partial charge on any atom is 0.320 e. The number of unbranched alkanes of at least 4 members (excludes halogenated alkanes) is 1. The van der Waals surface area contributed by atoms with E-state index < -0.39 is 22.1 Å². The van der Waals surface area contributed by atoms with Crippen molar-refractivity contribution < 1.29 is 22.7 Å². The fourth-order valence-corrected chi connectivity index (χ4v) is 3.87. The number of hydrogen-bond donors (Lipinski definition) is 2. The van der Waals surface area contributed by atoms with Crippen LogP contribution in [0.2, 0.25) is 0 Å². The third kappa shape index (κ3) is 6.44. The van der Waals surface area contributed by atoms with Crippen LogP contribution in [-0.2, 0) is 25.4 Å². The Morgan fingerprint density at radius 3 is 2.44 bits per heavy atom. The second kappa shape index (κ2) is 10.8. The number of urea groups is 1. The molecule has 1 fully saturated rings. The Balaban J connectivity index is 0.000000445. The Kier molecular flexibility index (Phi) is 9.10. The van der Waals surface area contributed by atoms with Crippen molar-refractivity contribution in [3.05, 3.63) is 35.9 Å². The number of carbonyl (C=O) groups excluding carboxylic acids is 2. The lowest BCUT2D eigenvalue weighted by Gasteiger charge is -2.20. The van der Waals surface area contributed by atoms with E-state index in [1.807, 2.05) is 30.4 Å². The molecule has 0 aliphatic heterocycles. The van der Waals surface area contributed by atoms with E-state index >= 15 is 0 Å². The number of imide groups is 1. The minimum atomic E-state index is -2.35. The molecular weight excluding hydrogens is 370 g/mol. The number of carbonyl (C=O) groups is 2. The summed E-state index contributed by atoms with van der Waals surface area (Å²) in [6, 6.07) is 9.63. The lowest BCUT2D eigenvalue weighted by Crippen LogP contribution is -2.31. The smallest absolute Gasteiger partial charge is 0.320 e. The highest BCUT2D eigenvalue weighted by molar-refractivity contribution is 7.61. The van der Waals surface area contributed by atoms with Gasteiger partial charge in [-0.25, -0.2) is 4.79 Å². The molecule has 150 valence electrons. The molecule has 2 N–H and O–H groups in total. The van der Waals surface area contributed by atoms with E-state index in [2.05, 4.69) is 21.8 Å². The summed E-state index contributed by atoms with van der Waals surface area (Å²) < 4.78 is 30.9. The lowest BCUT2D eigenvalue weighted by atomic mass is 9.86. The first-order valence-electron chi connectivity index (χ1n) is 8.64. The van der Waals surface area contributed by atoms with Crippen LogP contribution in [0, 0.1) is 0 Å². The van der Waals surface area contributed by atoms with Gasteiger partial charge in [-0.2, -0.15) is 12.8 Å². The fraction of sp³-hybridized carbons (Fsp3) is 0.556. The zero-order chi connectivity index (χ0) is 20.3. The van der Waals surface area contributed by atoms with Crippen LogP contribution in [-0.4, -0.2) is 47.2 Å². The summed E-state index contributed by atoms with van der Waals surface area (Å²) >= 11 is 0. The molecule has 0 heterocycles. The first-order chi connectivity index (χ1) is 12.8. The summed E-state index contributed by atoms with van der Waals surface area (Å²) in [5.41, 5.74) is 0.560. The minimum absolute atomic E-state index is 0.137. The summed E-state index contributed by atoms with van der Waals surface area (Å²) in [5, 5.41) is 4.05. The van der Waals surface area contributed by atoms with Crippen LogP contribution >= 0.6 is 0 Å². The Morgan fingerprint density at radius 1 is 1.30 bits per heavy atom. The maximum absolute atomic E-state index is 11.0. The molecule has 0 radical (unpaired) electrons. The standard InChI is InChI=1S/C15H21NO3S.C3H6N2O2/c1-14(16-20(17)18)12-15(14,10-6-7-11-19-2)13-8-4-3-5-9-13;1-4-3(7)5-2-6/h3-5,8-9H,6-7,10-12H2,1-2H3;2H,1H3,(H2,4,5,6,7). The summed E-state index contributed by atoms with van der Waals surface area (Å²) in [6.07, 6.45) is 4.06. The van der Waals surface area contributed by atoms with Crippen molar-refractivity contribution in [3.63, 3.8) is 0 Å². The molecule has 1 aliphatic carbocycles. The number of amides is 3. The molecule has 0 bridgehead atoms. The average molecular weight is 397 g/mol. The van der Waals surface area contributed by atoms with E-state index in [1.54, 1.807) is 7.11 Å². The van der Waals surface area contributed by atoms with Crippen LogP contribution < -0.4 is 10.6 Å². The molecule has 0 saturated heterocycles. The molecule has 1 aliphatic rings. The first-order valence-corrected chi connectivity index (χ1v) is 9.67. The normalized spacial score (nSPS) is 22.6. The minimum Gasteiger partial charge on any atom is -0.385 e. The third-order valence-electron chi connectivity index (χ3n) is 4.77.